The highest BCUT2D eigenvalue weighted by atomic mass is 16.3. The zero-order valence-electron chi connectivity index (χ0n) is 7.82. The molecule has 2 unspecified atom stereocenters. The van der Waals surface area contributed by atoms with Crippen molar-refractivity contribution in [3.8, 4) is 0 Å². The predicted molar refractivity (Wildman–Crippen MR) is 53.6 cm³/mol. The quantitative estimate of drug-likeness (QED) is 0.734. The van der Waals surface area contributed by atoms with Crippen LogP contribution in [0.25, 0.3) is 0 Å². The molecule has 0 aromatic heterocycles. The molecule has 1 aromatic rings. The maximum atomic E-state index is 9.20. The number of aliphatic hydroxyl groups is 1. The lowest BCUT2D eigenvalue weighted by Gasteiger charge is -2.17. The highest BCUT2D eigenvalue weighted by molar-refractivity contribution is 5.21. The van der Waals surface area contributed by atoms with Crippen LogP contribution in [0.5, 0.6) is 0 Å². The van der Waals surface area contributed by atoms with Gasteiger partial charge in [-0.2, -0.15) is 0 Å². The van der Waals surface area contributed by atoms with E-state index in [2.05, 4.69) is 24.3 Å². The summed E-state index contributed by atoms with van der Waals surface area (Å²) in [6.45, 7) is 0.347. The summed E-state index contributed by atoms with van der Waals surface area (Å²) in [4.78, 5) is 0. The molecule has 70 valence electrons. The van der Waals surface area contributed by atoms with Gasteiger partial charge in [-0.25, -0.2) is 0 Å². The number of rotatable bonds is 2. The summed E-state index contributed by atoms with van der Waals surface area (Å²) in [6.07, 6.45) is 3.70. The summed E-state index contributed by atoms with van der Waals surface area (Å²) in [6, 6.07) is 10.6. The average Bonchev–Trinajstić information content (AvgIpc) is 2.67. The normalized spacial score (nSPS) is 27.8. The first kappa shape index (κ1) is 8.76. The largest absolute Gasteiger partial charge is 0.396 e. The van der Waals surface area contributed by atoms with Crippen molar-refractivity contribution in [3.63, 3.8) is 0 Å². The Hall–Kier alpha value is -0.820. The molecule has 1 saturated carbocycles. The summed E-state index contributed by atoms with van der Waals surface area (Å²) in [5.74, 6) is 1.11. The molecule has 1 aliphatic rings. The van der Waals surface area contributed by atoms with Crippen LogP contribution in [0.2, 0.25) is 0 Å². The maximum absolute atomic E-state index is 9.20. The lowest BCUT2D eigenvalue weighted by Crippen LogP contribution is -2.10. The Morgan fingerprint density at radius 1 is 1.15 bits per heavy atom. The minimum absolute atomic E-state index is 0.347. The fraction of sp³-hybridized carbons (Fsp3) is 0.500. The van der Waals surface area contributed by atoms with Gasteiger partial charge in [-0.15, -0.1) is 0 Å². The highest BCUT2D eigenvalue weighted by Crippen LogP contribution is 2.38. The molecule has 1 aliphatic carbocycles. The molecule has 0 spiro atoms. The molecule has 2 rings (SSSR count). The first-order valence-corrected chi connectivity index (χ1v) is 5.07. The Morgan fingerprint density at radius 3 is 2.62 bits per heavy atom. The van der Waals surface area contributed by atoms with Crippen LogP contribution in [0.15, 0.2) is 30.3 Å². The summed E-state index contributed by atoms with van der Waals surface area (Å²) in [7, 11) is 0. The monoisotopic (exact) mass is 176 g/mol. The third-order valence-electron chi connectivity index (χ3n) is 3.12. The second-order valence-corrected chi connectivity index (χ2v) is 3.89. The van der Waals surface area contributed by atoms with Gasteiger partial charge in [0, 0.05) is 6.61 Å². The molecule has 0 aliphatic heterocycles. The van der Waals surface area contributed by atoms with Gasteiger partial charge in [0.1, 0.15) is 0 Å². The molecule has 0 heterocycles. The van der Waals surface area contributed by atoms with Gasteiger partial charge in [-0.3, -0.25) is 0 Å². The van der Waals surface area contributed by atoms with E-state index in [-0.39, 0.29) is 0 Å². The third kappa shape index (κ3) is 1.75. The maximum Gasteiger partial charge on any atom is 0.0465 e. The third-order valence-corrected chi connectivity index (χ3v) is 3.12. The predicted octanol–water partition coefficient (Wildman–Crippen LogP) is 2.56. The van der Waals surface area contributed by atoms with Gasteiger partial charge in [0.2, 0.25) is 0 Å². The van der Waals surface area contributed by atoms with Crippen molar-refractivity contribution < 1.29 is 5.11 Å². The summed E-state index contributed by atoms with van der Waals surface area (Å²) in [5, 5.41) is 9.20. The van der Waals surface area contributed by atoms with Crippen molar-refractivity contribution >= 4 is 0 Å². The van der Waals surface area contributed by atoms with Crippen LogP contribution in [-0.2, 0) is 0 Å². The minimum atomic E-state index is 0.347. The summed E-state index contributed by atoms with van der Waals surface area (Å²) in [5.41, 5.74) is 1.40. The second kappa shape index (κ2) is 3.93. The standard InChI is InChI=1S/C12H16O/c13-9-11-7-4-8-12(11)10-5-2-1-3-6-10/h1-3,5-6,11-13H,4,7-9H2. The lowest BCUT2D eigenvalue weighted by atomic mass is 9.90. The van der Waals surface area contributed by atoms with Crippen LogP contribution in [0.1, 0.15) is 30.7 Å². The Labute approximate surface area is 79.4 Å². The van der Waals surface area contributed by atoms with Crippen molar-refractivity contribution in [1.82, 2.24) is 0 Å². The van der Waals surface area contributed by atoms with Gasteiger partial charge in [0.25, 0.3) is 0 Å². The van der Waals surface area contributed by atoms with Crippen LogP contribution in [0.3, 0.4) is 0 Å². The topological polar surface area (TPSA) is 20.2 Å². The van der Waals surface area contributed by atoms with E-state index in [4.69, 9.17) is 0 Å². The van der Waals surface area contributed by atoms with E-state index >= 15 is 0 Å². The molecule has 1 heteroatoms. The molecule has 1 fully saturated rings. The Morgan fingerprint density at radius 2 is 1.92 bits per heavy atom. The fourth-order valence-corrected chi connectivity index (χ4v) is 2.39. The first-order chi connectivity index (χ1) is 6.42. The van der Waals surface area contributed by atoms with Crippen LogP contribution >= 0.6 is 0 Å². The van der Waals surface area contributed by atoms with Gasteiger partial charge in [-0.05, 0) is 30.2 Å². The van der Waals surface area contributed by atoms with Gasteiger partial charge in [-0.1, -0.05) is 36.8 Å². The van der Waals surface area contributed by atoms with Gasteiger partial charge < -0.3 is 5.11 Å². The van der Waals surface area contributed by atoms with Crippen LogP contribution < -0.4 is 0 Å². The zero-order valence-corrected chi connectivity index (χ0v) is 7.82. The van der Waals surface area contributed by atoms with Crippen molar-refractivity contribution in [2.24, 2.45) is 5.92 Å². The molecule has 13 heavy (non-hydrogen) atoms. The van der Waals surface area contributed by atoms with Crippen LogP contribution in [0.4, 0.5) is 0 Å². The van der Waals surface area contributed by atoms with Gasteiger partial charge >= 0.3 is 0 Å². The molecule has 2 atom stereocenters. The van der Waals surface area contributed by atoms with E-state index in [0.717, 1.165) is 0 Å². The number of hydrogen-bond donors (Lipinski definition) is 1. The molecule has 1 N–H and O–H groups in total. The molecular weight excluding hydrogens is 160 g/mol. The molecule has 1 aromatic carbocycles. The fourth-order valence-electron chi connectivity index (χ4n) is 2.39. The molecule has 1 nitrogen and oxygen atoms in total. The van der Waals surface area contributed by atoms with Crippen LogP contribution in [0, 0.1) is 5.92 Å². The van der Waals surface area contributed by atoms with E-state index in [1.807, 2.05) is 6.07 Å². The first-order valence-electron chi connectivity index (χ1n) is 5.07. The van der Waals surface area contributed by atoms with Crippen molar-refractivity contribution in [2.45, 2.75) is 25.2 Å². The number of benzene rings is 1. The molecule has 0 bridgehead atoms. The second-order valence-electron chi connectivity index (χ2n) is 3.89. The van der Waals surface area contributed by atoms with E-state index in [9.17, 15) is 5.11 Å². The van der Waals surface area contributed by atoms with Crippen molar-refractivity contribution in [3.05, 3.63) is 35.9 Å². The number of hydrogen-bond acceptors (Lipinski definition) is 1. The average molecular weight is 176 g/mol. The Balaban J connectivity index is 2.16. The zero-order chi connectivity index (χ0) is 9.10. The van der Waals surface area contributed by atoms with Crippen molar-refractivity contribution in [1.29, 1.82) is 0 Å². The molecule has 0 radical (unpaired) electrons. The minimum Gasteiger partial charge on any atom is -0.396 e. The van der Waals surface area contributed by atoms with Gasteiger partial charge in [0.15, 0.2) is 0 Å². The Bertz CT molecular complexity index is 255. The molecule has 0 amide bonds. The summed E-state index contributed by atoms with van der Waals surface area (Å²) < 4.78 is 0. The summed E-state index contributed by atoms with van der Waals surface area (Å²) >= 11 is 0. The SMILES string of the molecule is OCC1CCCC1c1ccccc1. The highest BCUT2D eigenvalue weighted by Gasteiger charge is 2.27. The van der Waals surface area contributed by atoms with E-state index < -0.39 is 0 Å². The Kier molecular flexibility index (Phi) is 2.65. The molecular formula is C12H16O. The van der Waals surface area contributed by atoms with E-state index in [1.54, 1.807) is 0 Å². The lowest BCUT2D eigenvalue weighted by molar-refractivity contribution is 0.217. The van der Waals surface area contributed by atoms with E-state index in [1.165, 1.54) is 24.8 Å². The number of aliphatic hydroxyl groups excluding tert-OH is 1. The molecule has 0 saturated heterocycles. The van der Waals surface area contributed by atoms with E-state index in [0.29, 0.717) is 18.4 Å². The van der Waals surface area contributed by atoms with Crippen LogP contribution in [-0.4, -0.2) is 11.7 Å². The smallest absolute Gasteiger partial charge is 0.0465 e. The van der Waals surface area contributed by atoms with Crippen molar-refractivity contribution in [2.75, 3.05) is 6.61 Å². The van der Waals surface area contributed by atoms with Gasteiger partial charge in [0.05, 0.1) is 0 Å².